The lowest BCUT2D eigenvalue weighted by Crippen LogP contribution is -2.53. The molecule has 0 saturated carbocycles. The standard InChI is InChI=1S/C14H28N4O3/c1-12(2)16-13(19)11-17-6-8-18(9-7-17)14(20)15-5-4-10-21-3/h12H,4-11H2,1-3H3,(H,15,20)(H,16,19). The second-order valence-electron chi connectivity index (χ2n) is 5.56. The summed E-state index contributed by atoms with van der Waals surface area (Å²) in [6, 6.07) is 0.133. The normalized spacial score (nSPS) is 16.1. The van der Waals surface area contributed by atoms with Crippen LogP contribution in [0.3, 0.4) is 0 Å². The Bertz CT molecular complexity index is 328. The third kappa shape index (κ3) is 7.29. The summed E-state index contributed by atoms with van der Waals surface area (Å²) in [5.41, 5.74) is 0. The van der Waals surface area contributed by atoms with E-state index in [9.17, 15) is 9.59 Å². The molecule has 1 fully saturated rings. The average molecular weight is 300 g/mol. The Balaban J connectivity index is 2.19. The molecule has 1 aliphatic heterocycles. The van der Waals surface area contributed by atoms with Crippen LogP contribution in [-0.4, -0.2) is 80.8 Å². The molecular weight excluding hydrogens is 272 g/mol. The van der Waals surface area contributed by atoms with E-state index in [0.29, 0.717) is 32.8 Å². The number of piperazine rings is 1. The minimum Gasteiger partial charge on any atom is -0.385 e. The summed E-state index contributed by atoms with van der Waals surface area (Å²) in [5.74, 6) is 0.0440. The van der Waals surface area contributed by atoms with Gasteiger partial charge in [-0.15, -0.1) is 0 Å². The highest BCUT2D eigenvalue weighted by molar-refractivity contribution is 5.78. The van der Waals surface area contributed by atoms with Gasteiger partial charge in [-0.2, -0.15) is 0 Å². The van der Waals surface area contributed by atoms with Crippen LogP contribution in [0, 0.1) is 0 Å². The number of ether oxygens (including phenoxy) is 1. The Morgan fingerprint density at radius 3 is 2.43 bits per heavy atom. The van der Waals surface area contributed by atoms with Crippen molar-refractivity contribution in [3.05, 3.63) is 0 Å². The van der Waals surface area contributed by atoms with Crippen LogP contribution in [0.5, 0.6) is 0 Å². The number of hydrogen-bond acceptors (Lipinski definition) is 4. The second-order valence-corrected chi connectivity index (χ2v) is 5.56. The zero-order chi connectivity index (χ0) is 15.7. The van der Waals surface area contributed by atoms with Gasteiger partial charge in [0.1, 0.15) is 0 Å². The number of amides is 3. The molecule has 1 heterocycles. The maximum atomic E-state index is 11.9. The molecular formula is C14H28N4O3. The first-order chi connectivity index (χ1) is 10.0. The van der Waals surface area contributed by atoms with Crippen molar-refractivity contribution in [2.75, 3.05) is 53.0 Å². The highest BCUT2D eigenvalue weighted by Gasteiger charge is 2.22. The van der Waals surface area contributed by atoms with E-state index in [1.54, 1.807) is 12.0 Å². The fraction of sp³-hybridized carbons (Fsp3) is 0.857. The number of nitrogens with one attached hydrogen (secondary N) is 2. The molecule has 0 aromatic rings. The Kier molecular flexibility index (Phi) is 8.07. The van der Waals surface area contributed by atoms with Crippen LogP contribution in [-0.2, 0) is 9.53 Å². The molecule has 7 nitrogen and oxygen atoms in total. The number of carbonyl (C=O) groups is 2. The molecule has 1 aliphatic rings. The van der Waals surface area contributed by atoms with Crippen molar-refractivity contribution in [3.8, 4) is 0 Å². The maximum Gasteiger partial charge on any atom is 0.317 e. The van der Waals surface area contributed by atoms with E-state index >= 15 is 0 Å². The smallest absolute Gasteiger partial charge is 0.317 e. The van der Waals surface area contributed by atoms with Gasteiger partial charge in [0.25, 0.3) is 0 Å². The van der Waals surface area contributed by atoms with Crippen LogP contribution in [0.4, 0.5) is 4.79 Å². The summed E-state index contributed by atoms with van der Waals surface area (Å²) in [6.07, 6.45) is 0.817. The first-order valence-electron chi connectivity index (χ1n) is 7.56. The van der Waals surface area contributed by atoms with E-state index in [2.05, 4.69) is 15.5 Å². The van der Waals surface area contributed by atoms with Crippen molar-refractivity contribution in [2.45, 2.75) is 26.3 Å². The summed E-state index contributed by atoms with van der Waals surface area (Å²) in [7, 11) is 1.65. The van der Waals surface area contributed by atoms with Crippen molar-refractivity contribution >= 4 is 11.9 Å². The zero-order valence-corrected chi connectivity index (χ0v) is 13.4. The molecule has 7 heteroatoms. The molecule has 0 aromatic carbocycles. The molecule has 2 N–H and O–H groups in total. The lowest BCUT2D eigenvalue weighted by Gasteiger charge is -2.34. The minimum atomic E-state index is -0.0302. The van der Waals surface area contributed by atoms with Crippen molar-refractivity contribution < 1.29 is 14.3 Å². The monoisotopic (exact) mass is 300 g/mol. The van der Waals surface area contributed by atoms with Crippen molar-refractivity contribution in [3.63, 3.8) is 0 Å². The molecule has 0 spiro atoms. The van der Waals surface area contributed by atoms with Gasteiger partial charge in [-0.25, -0.2) is 4.79 Å². The van der Waals surface area contributed by atoms with Crippen LogP contribution in [0.2, 0.25) is 0 Å². The SMILES string of the molecule is COCCCNC(=O)N1CCN(CC(=O)NC(C)C)CC1. The Morgan fingerprint density at radius 2 is 1.86 bits per heavy atom. The minimum absolute atomic E-state index is 0.0302. The molecule has 1 saturated heterocycles. The first-order valence-corrected chi connectivity index (χ1v) is 7.56. The van der Waals surface area contributed by atoms with Gasteiger partial charge in [-0.3, -0.25) is 9.69 Å². The van der Waals surface area contributed by atoms with E-state index in [0.717, 1.165) is 19.5 Å². The number of hydrogen-bond donors (Lipinski definition) is 2. The van der Waals surface area contributed by atoms with Gasteiger partial charge >= 0.3 is 6.03 Å². The number of urea groups is 1. The fourth-order valence-electron chi connectivity index (χ4n) is 2.20. The van der Waals surface area contributed by atoms with Gasteiger partial charge in [-0.05, 0) is 20.3 Å². The predicted molar refractivity (Wildman–Crippen MR) is 81.2 cm³/mol. The molecule has 0 unspecified atom stereocenters. The quantitative estimate of drug-likeness (QED) is 0.643. The van der Waals surface area contributed by atoms with E-state index in [1.165, 1.54) is 0 Å². The highest BCUT2D eigenvalue weighted by Crippen LogP contribution is 2.02. The van der Waals surface area contributed by atoms with Crippen LogP contribution >= 0.6 is 0 Å². The maximum absolute atomic E-state index is 11.9. The third-order valence-corrected chi connectivity index (χ3v) is 3.28. The van der Waals surface area contributed by atoms with Gasteiger partial charge in [0.05, 0.1) is 6.54 Å². The molecule has 122 valence electrons. The average Bonchev–Trinajstić information content (AvgIpc) is 2.43. The van der Waals surface area contributed by atoms with Gasteiger partial charge in [0, 0.05) is 52.5 Å². The van der Waals surface area contributed by atoms with E-state index in [-0.39, 0.29) is 18.0 Å². The van der Waals surface area contributed by atoms with Crippen molar-refractivity contribution in [1.82, 2.24) is 20.4 Å². The van der Waals surface area contributed by atoms with Crippen LogP contribution in [0.25, 0.3) is 0 Å². The molecule has 0 radical (unpaired) electrons. The molecule has 0 aliphatic carbocycles. The first kappa shape index (κ1) is 17.7. The van der Waals surface area contributed by atoms with Crippen molar-refractivity contribution in [1.29, 1.82) is 0 Å². The van der Waals surface area contributed by atoms with E-state index in [4.69, 9.17) is 4.74 Å². The summed E-state index contributed by atoms with van der Waals surface area (Å²) < 4.78 is 4.94. The van der Waals surface area contributed by atoms with Gasteiger partial charge in [0.2, 0.25) is 5.91 Å². The van der Waals surface area contributed by atoms with Crippen molar-refractivity contribution in [2.24, 2.45) is 0 Å². The number of methoxy groups -OCH3 is 1. The lowest BCUT2D eigenvalue weighted by molar-refractivity contribution is -0.123. The van der Waals surface area contributed by atoms with Gasteiger partial charge < -0.3 is 20.3 Å². The van der Waals surface area contributed by atoms with E-state index < -0.39 is 0 Å². The summed E-state index contributed by atoms with van der Waals surface area (Å²) in [5, 5.41) is 5.76. The number of carbonyl (C=O) groups excluding carboxylic acids is 2. The van der Waals surface area contributed by atoms with Crippen LogP contribution in [0.15, 0.2) is 0 Å². The predicted octanol–water partition coefficient (Wildman–Crippen LogP) is -0.125. The zero-order valence-electron chi connectivity index (χ0n) is 13.4. The van der Waals surface area contributed by atoms with Crippen LogP contribution in [0.1, 0.15) is 20.3 Å². The highest BCUT2D eigenvalue weighted by atomic mass is 16.5. The Labute approximate surface area is 127 Å². The Hall–Kier alpha value is -1.34. The summed E-state index contributed by atoms with van der Waals surface area (Å²) in [4.78, 5) is 27.5. The molecule has 0 bridgehead atoms. The molecule has 0 atom stereocenters. The van der Waals surface area contributed by atoms with Crippen LogP contribution < -0.4 is 10.6 Å². The second kappa shape index (κ2) is 9.57. The summed E-state index contributed by atoms with van der Waals surface area (Å²) >= 11 is 0. The lowest BCUT2D eigenvalue weighted by atomic mass is 10.3. The molecule has 1 rings (SSSR count). The van der Waals surface area contributed by atoms with E-state index in [1.807, 2.05) is 13.8 Å². The number of rotatable bonds is 7. The summed E-state index contributed by atoms with van der Waals surface area (Å²) in [6.45, 7) is 8.36. The number of nitrogens with zero attached hydrogens (tertiary/aromatic N) is 2. The largest absolute Gasteiger partial charge is 0.385 e. The topological polar surface area (TPSA) is 73.9 Å². The third-order valence-electron chi connectivity index (χ3n) is 3.28. The van der Waals surface area contributed by atoms with Gasteiger partial charge in [0.15, 0.2) is 0 Å². The van der Waals surface area contributed by atoms with Gasteiger partial charge in [-0.1, -0.05) is 0 Å². The Morgan fingerprint density at radius 1 is 1.19 bits per heavy atom. The fourth-order valence-corrected chi connectivity index (χ4v) is 2.20. The molecule has 3 amide bonds. The molecule has 0 aromatic heterocycles. The molecule has 21 heavy (non-hydrogen) atoms.